The van der Waals surface area contributed by atoms with Crippen LogP contribution in [-0.2, 0) is 17.5 Å². The van der Waals surface area contributed by atoms with Crippen LogP contribution >= 0.6 is 0 Å². The minimum Gasteiger partial charge on any atom is -0.379 e. The molecule has 0 radical (unpaired) electrons. The highest BCUT2D eigenvalue weighted by atomic mass is 19.4. The fourth-order valence-electron chi connectivity index (χ4n) is 2.32. The van der Waals surface area contributed by atoms with Crippen LogP contribution in [0, 0.1) is 0 Å². The van der Waals surface area contributed by atoms with Gasteiger partial charge >= 0.3 is 6.18 Å². The number of hydrogen-bond donors (Lipinski definition) is 1. The molecule has 24 heavy (non-hydrogen) atoms. The van der Waals surface area contributed by atoms with Crippen molar-refractivity contribution in [1.29, 1.82) is 0 Å². The molecule has 3 heterocycles. The molecular formula is C14H17F3N6O. The molecule has 0 amide bonds. The van der Waals surface area contributed by atoms with Crippen molar-refractivity contribution >= 4 is 11.6 Å². The Bertz CT molecular complexity index is 669. The van der Waals surface area contributed by atoms with Gasteiger partial charge in [-0.05, 0) is 6.07 Å². The minimum absolute atomic E-state index is 0.113. The van der Waals surface area contributed by atoms with Crippen molar-refractivity contribution in [2.75, 3.05) is 38.2 Å². The normalized spacial score (nSPS) is 16.3. The third-order valence-corrected chi connectivity index (χ3v) is 3.58. The van der Waals surface area contributed by atoms with E-state index in [9.17, 15) is 13.2 Å². The average molecular weight is 342 g/mol. The van der Waals surface area contributed by atoms with E-state index >= 15 is 0 Å². The van der Waals surface area contributed by atoms with E-state index in [-0.39, 0.29) is 5.95 Å². The molecule has 1 aliphatic rings. The van der Waals surface area contributed by atoms with Crippen LogP contribution in [0.25, 0.3) is 0 Å². The first kappa shape index (κ1) is 16.7. The molecule has 10 heteroatoms. The summed E-state index contributed by atoms with van der Waals surface area (Å²) in [6.07, 6.45) is -0.185. The van der Waals surface area contributed by atoms with Crippen LogP contribution in [0.5, 0.6) is 0 Å². The molecule has 0 aromatic carbocycles. The number of hydrogen-bond acceptors (Lipinski definition) is 6. The molecule has 0 bridgehead atoms. The highest BCUT2D eigenvalue weighted by molar-refractivity contribution is 5.50. The van der Waals surface area contributed by atoms with Crippen LogP contribution in [0.2, 0.25) is 0 Å². The van der Waals surface area contributed by atoms with Gasteiger partial charge in [-0.15, -0.1) is 0 Å². The average Bonchev–Trinajstić information content (AvgIpc) is 3.01. The molecule has 2 aromatic rings. The largest absolute Gasteiger partial charge is 0.433 e. The number of ether oxygens (including phenoxy) is 1. The molecule has 130 valence electrons. The van der Waals surface area contributed by atoms with Gasteiger partial charge in [0.15, 0.2) is 0 Å². The highest BCUT2D eigenvalue weighted by Gasteiger charge is 2.32. The number of morpholine rings is 1. The molecule has 1 fully saturated rings. The molecule has 0 spiro atoms. The Balaban J connectivity index is 1.57. The SMILES string of the molecule is FC(F)(F)c1ccnc(Nc2cnn(CCN3CCOCC3)c2)n1. The lowest BCUT2D eigenvalue weighted by atomic mass is 10.4. The molecule has 0 unspecified atom stereocenters. The Hall–Kier alpha value is -2.20. The van der Waals surface area contributed by atoms with Gasteiger partial charge < -0.3 is 10.1 Å². The zero-order valence-corrected chi connectivity index (χ0v) is 12.8. The van der Waals surface area contributed by atoms with E-state index in [2.05, 4.69) is 25.3 Å². The van der Waals surface area contributed by atoms with E-state index in [1.807, 2.05) is 0 Å². The highest BCUT2D eigenvalue weighted by Crippen LogP contribution is 2.27. The third-order valence-electron chi connectivity index (χ3n) is 3.58. The number of halogens is 3. The summed E-state index contributed by atoms with van der Waals surface area (Å²) in [6.45, 7) is 4.78. The molecule has 0 saturated carbocycles. The van der Waals surface area contributed by atoms with Crippen molar-refractivity contribution in [1.82, 2.24) is 24.6 Å². The second kappa shape index (κ2) is 7.14. The van der Waals surface area contributed by atoms with Gasteiger partial charge in [0.05, 0.1) is 31.6 Å². The first-order valence-corrected chi connectivity index (χ1v) is 7.50. The molecule has 3 rings (SSSR count). The van der Waals surface area contributed by atoms with Gasteiger partial charge in [-0.3, -0.25) is 9.58 Å². The van der Waals surface area contributed by atoms with Crippen molar-refractivity contribution < 1.29 is 17.9 Å². The first-order chi connectivity index (χ1) is 11.5. The number of nitrogens with zero attached hydrogens (tertiary/aromatic N) is 5. The van der Waals surface area contributed by atoms with Crippen molar-refractivity contribution in [3.05, 3.63) is 30.4 Å². The summed E-state index contributed by atoms with van der Waals surface area (Å²) in [4.78, 5) is 9.53. The van der Waals surface area contributed by atoms with E-state index in [1.165, 1.54) is 6.20 Å². The Kier molecular flexibility index (Phi) is 4.95. The summed E-state index contributed by atoms with van der Waals surface area (Å²) < 4.78 is 44.9. The predicted molar refractivity (Wildman–Crippen MR) is 79.8 cm³/mol. The van der Waals surface area contributed by atoms with E-state index in [0.29, 0.717) is 12.2 Å². The van der Waals surface area contributed by atoms with Crippen LogP contribution < -0.4 is 5.32 Å². The molecule has 2 aromatic heterocycles. The summed E-state index contributed by atoms with van der Waals surface area (Å²) >= 11 is 0. The monoisotopic (exact) mass is 342 g/mol. The molecule has 7 nitrogen and oxygen atoms in total. The topological polar surface area (TPSA) is 68.1 Å². The minimum atomic E-state index is -4.50. The molecule has 0 aliphatic carbocycles. The zero-order valence-electron chi connectivity index (χ0n) is 12.8. The van der Waals surface area contributed by atoms with E-state index in [1.54, 1.807) is 10.9 Å². The molecule has 1 saturated heterocycles. The van der Waals surface area contributed by atoms with Crippen LogP contribution in [0.3, 0.4) is 0 Å². The Morgan fingerprint density at radius 1 is 1.21 bits per heavy atom. The first-order valence-electron chi connectivity index (χ1n) is 7.50. The summed E-state index contributed by atoms with van der Waals surface area (Å²) in [7, 11) is 0. The number of alkyl halides is 3. The van der Waals surface area contributed by atoms with Gasteiger partial charge in [-0.25, -0.2) is 9.97 Å². The molecule has 0 atom stereocenters. The van der Waals surface area contributed by atoms with Gasteiger partial charge in [0.2, 0.25) is 5.95 Å². The van der Waals surface area contributed by atoms with Gasteiger partial charge in [0, 0.05) is 32.0 Å². The van der Waals surface area contributed by atoms with Crippen LogP contribution in [0.1, 0.15) is 5.69 Å². The quantitative estimate of drug-likeness (QED) is 0.893. The number of anilines is 2. The van der Waals surface area contributed by atoms with Gasteiger partial charge in [-0.2, -0.15) is 18.3 Å². The predicted octanol–water partition coefficient (Wildman–Crippen LogP) is 1.77. The smallest absolute Gasteiger partial charge is 0.379 e. The Morgan fingerprint density at radius 2 is 2.00 bits per heavy atom. The maximum atomic E-state index is 12.6. The molecular weight excluding hydrogens is 325 g/mol. The molecule has 1 aliphatic heterocycles. The molecule has 1 N–H and O–H groups in total. The van der Waals surface area contributed by atoms with E-state index in [4.69, 9.17) is 4.74 Å². The van der Waals surface area contributed by atoms with Gasteiger partial charge in [-0.1, -0.05) is 0 Å². The maximum absolute atomic E-state index is 12.6. The number of nitrogens with one attached hydrogen (secondary N) is 1. The summed E-state index contributed by atoms with van der Waals surface area (Å²) in [6, 6.07) is 0.830. The second-order valence-corrected chi connectivity index (χ2v) is 5.33. The van der Waals surface area contributed by atoms with E-state index in [0.717, 1.165) is 45.1 Å². The number of rotatable bonds is 5. The Morgan fingerprint density at radius 3 is 2.75 bits per heavy atom. The summed E-state index contributed by atoms with van der Waals surface area (Å²) in [5.74, 6) is -0.113. The number of aromatic nitrogens is 4. The van der Waals surface area contributed by atoms with Crippen molar-refractivity contribution in [3.63, 3.8) is 0 Å². The van der Waals surface area contributed by atoms with E-state index < -0.39 is 11.9 Å². The standard InChI is InChI=1S/C14H17F3N6O/c15-14(16,17)12-1-2-18-13(21-12)20-11-9-19-23(10-11)4-3-22-5-7-24-8-6-22/h1-2,9-10H,3-8H2,(H,18,20,21). The van der Waals surface area contributed by atoms with Crippen LogP contribution in [-0.4, -0.2) is 57.5 Å². The van der Waals surface area contributed by atoms with Crippen LogP contribution in [0.15, 0.2) is 24.7 Å². The van der Waals surface area contributed by atoms with Crippen molar-refractivity contribution in [2.45, 2.75) is 12.7 Å². The summed E-state index contributed by atoms with van der Waals surface area (Å²) in [5, 5.41) is 6.92. The fraction of sp³-hybridized carbons (Fsp3) is 0.500. The van der Waals surface area contributed by atoms with Crippen molar-refractivity contribution in [3.8, 4) is 0 Å². The van der Waals surface area contributed by atoms with Crippen LogP contribution in [0.4, 0.5) is 24.8 Å². The van der Waals surface area contributed by atoms with Gasteiger partial charge in [0.1, 0.15) is 5.69 Å². The maximum Gasteiger partial charge on any atom is 0.433 e. The van der Waals surface area contributed by atoms with Crippen molar-refractivity contribution in [2.24, 2.45) is 0 Å². The zero-order chi connectivity index (χ0) is 17.0. The van der Waals surface area contributed by atoms with Gasteiger partial charge in [0.25, 0.3) is 0 Å². The summed E-state index contributed by atoms with van der Waals surface area (Å²) in [5.41, 5.74) is -0.448. The fourth-order valence-corrected chi connectivity index (χ4v) is 2.32. The Labute approximate surface area is 136 Å². The lowest BCUT2D eigenvalue weighted by molar-refractivity contribution is -0.141. The lowest BCUT2D eigenvalue weighted by Crippen LogP contribution is -2.38. The lowest BCUT2D eigenvalue weighted by Gasteiger charge is -2.26. The second-order valence-electron chi connectivity index (χ2n) is 5.33. The third kappa shape index (κ3) is 4.42.